The van der Waals surface area contributed by atoms with Gasteiger partial charge in [-0.05, 0) is 99.4 Å². The van der Waals surface area contributed by atoms with Crippen LogP contribution < -0.4 is 0 Å². The average Bonchev–Trinajstić information content (AvgIpc) is 3.11. The van der Waals surface area contributed by atoms with E-state index in [1.165, 1.54) is 87.2 Å². The van der Waals surface area contributed by atoms with Crippen molar-refractivity contribution >= 4 is 53.9 Å². The molecule has 0 aliphatic carbocycles. The molecule has 0 unspecified atom stereocenters. The van der Waals surface area contributed by atoms with E-state index in [1.54, 1.807) is 0 Å². The van der Waals surface area contributed by atoms with E-state index in [9.17, 15) is 0 Å². The van der Waals surface area contributed by atoms with Crippen LogP contribution in [0.2, 0.25) is 0 Å². The van der Waals surface area contributed by atoms with Crippen LogP contribution in [0.15, 0.2) is 170 Å². The first-order valence-electron chi connectivity index (χ1n) is 15.3. The van der Waals surface area contributed by atoms with E-state index >= 15 is 0 Å². The van der Waals surface area contributed by atoms with Crippen molar-refractivity contribution in [2.75, 3.05) is 0 Å². The zero-order valence-corrected chi connectivity index (χ0v) is 24.2. The highest BCUT2D eigenvalue weighted by Crippen LogP contribution is 2.48. The van der Waals surface area contributed by atoms with Crippen molar-refractivity contribution in [3.63, 3.8) is 0 Å². The van der Waals surface area contributed by atoms with Gasteiger partial charge in [0.05, 0.1) is 0 Å². The number of rotatable bonds is 3. The van der Waals surface area contributed by atoms with Gasteiger partial charge in [0.15, 0.2) is 0 Å². The molecule has 44 heavy (non-hydrogen) atoms. The molecule has 0 spiro atoms. The highest BCUT2D eigenvalue weighted by Gasteiger charge is 2.20. The van der Waals surface area contributed by atoms with Crippen LogP contribution in [-0.4, -0.2) is 0 Å². The summed E-state index contributed by atoms with van der Waals surface area (Å²) in [7, 11) is 0. The summed E-state index contributed by atoms with van der Waals surface area (Å²) in [5.41, 5.74) is 7.55. The Hall–Kier alpha value is -5.72. The molecule has 9 rings (SSSR count). The lowest BCUT2D eigenvalue weighted by atomic mass is 9.82. The lowest BCUT2D eigenvalue weighted by Gasteiger charge is -2.21. The molecule has 204 valence electrons. The minimum absolute atomic E-state index is 1.22. The van der Waals surface area contributed by atoms with Gasteiger partial charge in [-0.25, -0.2) is 0 Å². The molecular formula is C44H28. The van der Waals surface area contributed by atoms with Gasteiger partial charge in [0, 0.05) is 0 Å². The van der Waals surface area contributed by atoms with E-state index in [1.807, 2.05) is 0 Å². The Kier molecular flexibility index (Phi) is 5.61. The highest BCUT2D eigenvalue weighted by atomic mass is 14.2. The number of benzene rings is 9. The smallest absolute Gasteiger partial charge is 0.00199 e. The van der Waals surface area contributed by atoms with Crippen LogP contribution >= 0.6 is 0 Å². The molecule has 0 aliphatic rings. The Morgan fingerprint density at radius 3 is 0.977 bits per heavy atom. The van der Waals surface area contributed by atoms with Crippen LogP contribution in [0.4, 0.5) is 0 Å². The van der Waals surface area contributed by atoms with Gasteiger partial charge in [0.1, 0.15) is 0 Å². The molecule has 9 aromatic carbocycles. The van der Waals surface area contributed by atoms with E-state index in [-0.39, 0.29) is 0 Å². The average molecular weight is 557 g/mol. The number of hydrogen-bond acceptors (Lipinski definition) is 0. The summed E-state index contributed by atoms with van der Waals surface area (Å²) in [4.78, 5) is 0. The van der Waals surface area contributed by atoms with Gasteiger partial charge in [-0.3, -0.25) is 0 Å². The predicted octanol–water partition coefficient (Wildman–Crippen LogP) is 12.5. The second kappa shape index (κ2) is 9.93. The van der Waals surface area contributed by atoms with Crippen molar-refractivity contribution in [1.29, 1.82) is 0 Å². The lowest BCUT2D eigenvalue weighted by molar-refractivity contribution is 1.63. The fraction of sp³-hybridized carbons (Fsp3) is 0. The van der Waals surface area contributed by atoms with Crippen molar-refractivity contribution in [2.45, 2.75) is 0 Å². The Labute approximate surface area is 256 Å². The van der Waals surface area contributed by atoms with Crippen molar-refractivity contribution in [3.8, 4) is 33.4 Å². The predicted molar refractivity (Wildman–Crippen MR) is 190 cm³/mol. The Balaban J connectivity index is 1.51. The van der Waals surface area contributed by atoms with Gasteiger partial charge < -0.3 is 0 Å². The van der Waals surface area contributed by atoms with E-state index < -0.39 is 0 Å². The molecule has 9 aromatic rings. The maximum Gasteiger partial charge on any atom is -0.00199 e. The summed E-state index contributed by atoms with van der Waals surface area (Å²) in [6.07, 6.45) is 0. The molecular weight excluding hydrogens is 528 g/mol. The molecule has 0 amide bonds. The third kappa shape index (κ3) is 3.71. The second-order valence-electron chi connectivity index (χ2n) is 11.6. The quantitative estimate of drug-likeness (QED) is 0.150. The normalized spacial score (nSPS) is 11.6. The Morgan fingerprint density at radius 1 is 0.205 bits per heavy atom. The first-order valence-corrected chi connectivity index (χ1v) is 15.3. The maximum atomic E-state index is 2.48. The van der Waals surface area contributed by atoms with Crippen LogP contribution in [0.5, 0.6) is 0 Å². The van der Waals surface area contributed by atoms with Gasteiger partial charge in [0.25, 0.3) is 0 Å². The van der Waals surface area contributed by atoms with E-state index in [2.05, 4.69) is 170 Å². The van der Waals surface area contributed by atoms with Crippen molar-refractivity contribution in [2.24, 2.45) is 0 Å². The fourth-order valence-corrected chi connectivity index (χ4v) is 7.35. The molecule has 0 nitrogen and oxygen atoms in total. The summed E-state index contributed by atoms with van der Waals surface area (Å²) in [5.74, 6) is 0. The van der Waals surface area contributed by atoms with Gasteiger partial charge >= 0.3 is 0 Å². The highest BCUT2D eigenvalue weighted by molar-refractivity contribution is 6.28. The third-order valence-electron chi connectivity index (χ3n) is 9.23. The molecule has 0 radical (unpaired) electrons. The minimum Gasteiger partial charge on any atom is -0.0622 e. The van der Waals surface area contributed by atoms with Gasteiger partial charge in [-0.15, -0.1) is 0 Å². The standard InChI is InChI=1S/C44H28/c1-3-15-29(16-4-1)39-27-40-33-21-9-7-19-31(33)32-20-8-10-22-34(32)41(40)28-42(39)44-37-25-13-11-23-35(37)43(30-17-5-2-6-18-30)36-24-12-14-26-38(36)44/h1-28H. The van der Waals surface area contributed by atoms with Gasteiger partial charge in [-0.2, -0.15) is 0 Å². The van der Waals surface area contributed by atoms with E-state index in [0.717, 1.165) is 0 Å². The maximum absolute atomic E-state index is 2.48. The minimum atomic E-state index is 1.22. The molecule has 0 saturated heterocycles. The number of hydrogen-bond donors (Lipinski definition) is 0. The van der Waals surface area contributed by atoms with Crippen LogP contribution in [0.1, 0.15) is 0 Å². The Morgan fingerprint density at radius 2 is 0.523 bits per heavy atom. The van der Waals surface area contributed by atoms with Crippen molar-refractivity contribution < 1.29 is 0 Å². The molecule has 0 aliphatic heterocycles. The summed E-state index contributed by atoms with van der Waals surface area (Å²) in [6, 6.07) is 62.3. The van der Waals surface area contributed by atoms with Crippen molar-refractivity contribution in [1.82, 2.24) is 0 Å². The molecule has 0 heteroatoms. The molecule has 0 N–H and O–H groups in total. The zero-order chi connectivity index (χ0) is 29.0. The summed E-state index contributed by atoms with van der Waals surface area (Å²) in [6.45, 7) is 0. The van der Waals surface area contributed by atoms with E-state index in [4.69, 9.17) is 0 Å². The van der Waals surface area contributed by atoms with Crippen LogP contribution in [0.25, 0.3) is 87.2 Å². The molecule has 0 bridgehead atoms. The Bertz CT molecular complexity index is 2470. The molecule has 0 atom stereocenters. The third-order valence-corrected chi connectivity index (χ3v) is 9.23. The zero-order valence-electron chi connectivity index (χ0n) is 24.2. The first-order chi connectivity index (χ1) is 21.9. The SMILES string of the molecule is c1ccc(-c2cc3c4ccccc4c4ccccc4c3cc2-c2c3ccccc3c(-c3ccccc3)c3ccccc23)cc1. The largest absolute Gasteiger partial charge is 0.0622 e. The summed E-state index contributed by atoms with van der Waals surface area (Å²) < 4.78 is 0. The monoisotopic (exact) mass is 556 g/mol. The fourth-order valence-electron chi connectivity index (χ4n) is 7.35. The summed E-state index contributed by atoms with van der Waals surface area (Å²) in [5, 5.41) is 12.8. The first kappa shape index (κ1) is 24.8. The molecule has 0 aromatic heterocycles. The molecule has 0 heterocycles. The van der Waals surface area contributed by atoms with Crippen LogP contribution in [-0.2, 0) is 0 Å². The topological polar surface area (TPSA) is 0 Å². The number of fused-ring (bicyclic) bond motifs is 8. The molecule has 0 saturated carbocycles. The van der Waals surface area contributed by atoms with E-state index in [0.29, 0.717) is 0 Å². The molecule has 0 fully saturated rings. The second-order valence-corrected chi connectivity index (χ2v) is 11.6. The lowest BCUT2D eigenvalue weighted by Crippen LogP contribution is -1.94. The van der Waals surface area contributed by atoms with Gasteiger partial charge in [0.2, 0.25) is 0 Å². The van der Waals surface area contributed by atoms with Crippen molar-refractivity contribution in [3.05, 3.63) is 170 Å². The van der Waals surface area contributed by atoms with Crippen LogP contribution in [0.3, 0.4) is 0 Å². The van der Waals surface area contributed by atoms with Crippen LogP contribution in [0, 0.1) is 0 Å². The summed E-state index contributed by atoms with van der Waals surface area (Å²) >= 11 is 0. The van der Waals surface area contributed by atoms with Gasteiger partial charge in [-0.1, -0.05) is 158 Å².